The Balaban J connectivity index is 4.62. The van der Waals surface area contributed by atoms with Gasteiger partial charge < -0.3 is 20.1 Å². The van der Waals surface area contributed by atoms with Crippen molar-refractivity contribution >= 4 is 11.9 Å². The molecule has 0 aliphatic heterocycles. The minimum Gasteiger partial charge on any atom is -0.481 e. The van der Waals surface area contributed by atoms with Gasteiger partial charge in [-0.05, 0) is 64.2 Å². The fourth-order valence-corrected chi connectivity index (χ4v) is 6.19. The van der Waals surface area contributed by atoms with Gasteiger partial charge in [-0.3, -0.25) is 9.59 Å². The van der Waals surface area contributed by atoms with Crippen molar-refractivity contribution in [2.45, 2.75) is 201 Å². The van der Waals surface area contributed by atoms with Gasteiger partial charge in [0.25, 0.3) is 0 Å². The zero-order valence-electron chi connectivity index (χ0n) is 30.7. The molecule has 0 rings (SSSR count). The van der Waals surface area contributed by atoms with Crippen molar-refractivity contribution in [1.82, 2.24) is 10.2 Å². The molecule has 0 aromatic rings. The SMILES string of the molecule is CCCCCCCCCCCCCCC(CCCCCCCC)COC(=O)C(CC(=O)O)NCCCN(CCCC)CCCC. The predicted molar refractivity (Wildman–Crippen MR) is 193 cm³/mol. The summed E-state index contributed by atoms with van der Waals surface area (Å²) in [6.45, 7) is 13.2. The van der Waals surface area contributed by atoms with Crippen LogP contribution in [0.1, 0.15) is 195 Å². The zero-order chi connectivity index (χ0) is 33.2. The highest BCUT2D eigenvalue weighted by atomic mass is 16.5. The van der Waals surface area contributed by atoms with Crippen molar-refractivity contribution in [2.24, 2.45) is 5.92 Å². The Morgan fingerprint density at radius 1 is 0.578 bits per heavy atom. The molecule has 0 saturated heterocycles. The summed E-state index contributed by atoms with van der Waals surface area (Å²) in [6, 6.07) is -0.774. The van der Waals surface area contributed by atoms with Crippen molar-refractivity contribution < 1.29 is 19.4 Å². The zero-order valence-corrected chi connectivity index (χ0v) is 30.7. The third-order valence-electron chi connectivity index (χ3n) is 9.25. The Bertz CT molecular complexity index is 637. The molecule has 0 aromatic carbocycles. The molecule has 2 atom stereocenters. The van der Waals surface area contributed by atoms with Crippen molar-refractivity contribution in [3.63, 3.8) is 0 Å². The summed E-state index contributed by atoms with van der Waals surface area (Å²) in [5.41, 5.74) is 0. The van der Waals surface area contributed by atoms with Crippen LogP contribution in [-0.2, 0) is 14.3 Å². The number of esters is 1. The van der Waals surface area contributed by atoms with Crippen molar-refractivity contribution in [1.29, 1.82) is 0 Å². The number of carboxylic acids is 1. The van der Waals surface area contributed by atoms with E-state index in [1.54, 1.807) is 0 Å². The minimum absolute atomic E-state index is 0.227. The minimum atomic E-state index is -0.961. The molecule has 0 amide bonds. The van der Waals surface area contributed by atoms with E-state index in [0.717, 1.165) is 38.9 Å². The lowest BCUT2D eigenvalue weighted by Gasteiger charge is -2.23. The Morgan fingerprint density at radius 2 is 0.978 bits per heavy atom. The molecule has 2 unspecified atom stereocenters. The number of carbonyl (C=O) groups is 2. The first-order valence-electron chi connectivity index (χ1n) is 19.8. The van der Waals surface area contributed by atoms with Crippen LogP contribution in [-0.4, -0.2) is 60.8 Å². The second kappa shape index (κ2) is 34.2. The van der Waals surface area contributed by atoms with E-state index in [1.165, 1.54) is 141 Å². The van der Waals surface area contributed by atoms with Gasteiger partial charge in [0, 0.05) is 0 Å². The van der Waals surface area contributed by atoms with Gasteiger partial charge in [-0.1, -0.05) is 156 Å². The average molecular weight is 639 g/mol. The summed E-state index contributed by atoms with van der Waals surface area (Å²) in [5.74, 6) is -0.981. The lowest BCUT2D eigenvalue weighted by molar-refractivity contribution is -0.151. The van der Waals surface area contributed by atoms with Crippen molar-refractivity contribution in [2.75, 3.05) is 32.8 Å². The number of aliphatic carboxylic acids is 1. The second-order valence-corrected chi connectivity index (χ2v) is 13.7. The number of carboxylic acid groups (broad SMARTS) is 1. The first-order chi connectivity index (χ1) is 22.0. The van der Waals surface area contributed by atoms with Crippen LogP contribution in [0.3, 0.4) is 0 Å². The van der Waals surface area contributed by atoms with Crippen LogP contribution in [0.4, 0.5) is 0 Å². The number of rotatable bonds is 36. The molecule has 2 N–H and O–H groups in total. The Morgan fingerprint density at radius 3 is 1.40 bits per heavy atom. The number of carbonyl (C=O) groups excluding carboxylic acids is 1. The van der Waals surface area contributed by atoms with Crippen molar-refractivity contribution in [3.05, 3.63) is 0 Å². The maximum Gasteiger partial charge on any atom is 0.323 e. The van der Waals surface area contributed by atoms with Crippen LogP contribution in [0.2, 0.25) is 0 Å². The highest BCUT2D eigenvalue weighted by Gasteiger charge is 2.24. The molecule has 0 spiro atoms. The molecule has 0 saturated carbocycles. The van der Waals surface area contributed by atoms with Crippen LogP contribution in [0.25, 0.3) is 0 Å². The largest absolute Gasteiger partial charge is 0.481 e. The quantitative estimate of drug-likeness (QED) is 0.0525. The number of hydrogen-bond acceptors (Lipinski definition) is 5. The van der Waals surface area contributed by atoms with E-state index in [9.17, 15) is 14.7 Å². The van der Waals surface area contributed by atoms with Gasteiger partial charge in [-0.2, -0.15) is 0 Å². The van der Waals surface area contributed by atoms with E-state index in [1.807, 2.05) is 0 Å². The first kappa shape index (κ1) is 43.9. The standard InChI is InChI=1S/C39H78N2O4/c1-5-9-13-15-17-18-19-20-21-22-24-26-29-36(28-25-23-16-14-10-6-2)35-45-39(44)37(34-38(42)43)40-30-27-33-41(31-11-7-3)32-12-8-4/h36-37,40H,5-35H2,1-4H3,(H,42,43). The summed E-state index contributed by atoms with van der Waals surface area (Å²) >= 11 is 0. The summed E-state index contributed by atoms with van der Waals surface area (Å²) in [7, 11) is 0. The van der Waals surface area contributed by atoms with Crippen LogP contribution in [0.15, 0.2) is 0 Å². The molecular weight excluding hydrogens is 560 g/mol. The highest BCUT2D eigenvalue weighted by molar-refractivity contribution is 5.81. The van der Waals surface area contributed by atoms with E-state index < -0.39 is 18.0 Å². The molecule has 45 heavy (non-hydrogen) atoms. The van der Waals surface area contributed by atoms with Crippen LogP contribution >= 0.6 is 0 Å². The van der Waals surface area contributed by atoms with Crippen LogP contribution < -0.4 is 5.32 Å². The maximum absolute atomic E-state index is 13.1. The van der Waals surface area contributed by atoms with Gasteiger partial charge in [-0.25, -0.2) is 0 Å². The molecule has 0 fully saturated rings. The molecule has 6 heteroatoms. The lowest BCUT2D eigenvalue weighted by atomic mass is 9.94. The molecule has 0 aliphatic rings. The maximum atomic E-state index is 13.1. The van der Waals surface area contributed by atoms with Gasteiger partial charge in [0.2, 0.25) is 0 Å². The number of ether oxygens (including phenoxy) is 1. The van der Waals surface area contributed by atoms with Crippen LogP contribution in [0.5, 0.6) is 0 Å². The normalized spacial score (nSPS) is 12.9. The molecule has 0 radical (unpaired) electrons. The molecule has 0 aliphatic carbocycles. The monoisotopic (exact) mass is 639 g/mol. The van der Waals surface area contributed by atoms with Gasteiger partial charge in [-0.15, -0.1) is 0 Å². The van der Waals surface area contributed by atoms with Gasteiger partial charge in [0.1, 0.15) is 6.04 Å². The topological polar surface area (TPSA) is 78.9 Å². The number of unbranched alkanes of at least 4 members (excludes halogenated alkanes) is 18. The second-order valence-electron chi connectivity index (χ2n) is 13.7. The van der Waals surface area contributed by atoms with E-state index >= 15 is 0 Å². The fourth-order valence-electron chi connectivity index (χ4n) is 6.19. The van der Waals surface area contributed by atoms with E-state index in [-0.39, 0.29) is 6.42 Å². The van der Waals surface area contributed by atoms with E-state index in [2.05, 4.69) is 37.9 Å². The third kappa shape index (κ3) is 30.0. The van der Waals surface area contributed by atoms with Crippen LogP contribution in [0, 0.1) is 5.92 Å². The van der Waals surface area contributed by atoms with Gasteiger partial charge in [0.05, 0.1) is 13.0 Å². The summed E-state index contributed by atoms with van der Waals surface area (Å²) in [5, 5.41) is 12.7. The predicted octanol–water partition coefficient (Wildman–Crippen LogP) is 10.7. The Kier molecular flexibility index (Phi) is 33.3. The molecule has 268 valence electrons. The molecule has 0 aromatic heterocycles. The third-order valence-corrected chi connectivity index (χ3v) is 9.25. The van der Waals surface area contributed by atoms with E-state index in [0.29, 0.717) is 19.1 Å². The fraction of sp³-hybridized carbons (Fsp3) is 0.949. The van der Waals surface area contributed by atoms with E-state index in [4.69, 9.17) is 4.74 Å². The summed E-state index contributed by atoms with van der Waals surface area (Å²) < 4.78 is 5.83. The molecule has 0 heterocycles. The Labute approximate surface area is 280 Å². The van der Waals surface area contributed by atoms with Crippen molar-refractivity contribution in [3.8, 4) is 0 Å². The van der Waals surface area contributed by atoms with Gasteiger partial charge in [0.15, 0.2) is 0 Å². The number of hydrogen-bond donors (Lipinski definition) is 2. The molecule has 6 nitrogen and oxygen atoms in total. The average Bonchev–Trinajstić information content (AvgIpc) is 3.03. The lowest BCUT2D eigenvalue weighted by Crippen LogP contribution is -2.41. The smallest absolute Gasteiger partial charge is 0.323 e. The summed E-state index contributed by atoms with van der Waals surface area (Å²) in [4.78, 5) is 27.1. The highest BCUT2D eigenvalue weighted by Crippen LogP contribution is 2.21. The molecular formula is C39H78N2O4. The number of nitrogens with one attached hydrogen (secondary N) is 1. The Hall–Kier alpha value is -1.14. The number of nitrogens with zero attached hydrogens (tertiary/aromatic N) is 1. The first-order valence-corrected chi connectivity index (χ1v) is 19.8. The van der Waals surface area contributed by atoms with Gasteiger partial charge >= 0.3 is 11.9 Å². The summed E-state index contributed by atoms with van der Waals surface area (Å²) in [6.07, 6.45) is 31.4. The molecule has 0 bridgehead atoms.